The van der Waals surface area contributed by atoms with Gasteiger partial charge in [-0.25, -0.2) is 0 Å². The summed E-state index contributed by atoms with van der Waals surface area (Å²) in [6, 6.07) is 9.04. The number of hydrogen-bond donors (Lipinski definition) is 3. The van der Waals surface area contributed by atoms with Gasteiger partial charge in [-0.2, -0.15) is 0 Å². The fraction of sp³-hybridized carbons (Fsp3) is 0.346. The summed E-state index contributed by atoms with van der Waals surface area (Å²) in [5, 5.41) is 10.6. The lowest BCUT2D eigenvalue weighted by Crippen LogP contribution is -2.25. The van der Waals surface area contributed by atoms with Gasteiger partial charge in [0.05, 0.1) is 17.9 Å². The molecule has 7 nitrogen and oxygen atoms in total. The molecular formula is C26H34N4O3. The molecule has 0 unspecified atom stereocenters. The molecule has 1 aliphatic rings. The van der Waals surface area contributed by atoms with E-state index >= 15 is 0 Å². The SMILES string of the molecule is C=C(CC)C(=C)c1cc(C(=O)N2Cc3ccc(OCCCN(C)C)cc3C2)c(O)cc1NN. The number of nitrogens with two attached hydrogens (primary N) is 1. The number of phenolic OH excluding ortho intramolecular Hbond substituents is 1. The third-order valence-electron chi connectivity index (χ3n) is 5.91. The first-order chi connectivity index (χ1) is 15.7. The van der Waals surface area contributed by atoms with Crippen molar-refractivity contribution in [1.29, 1.82) is 0 Å². The second kappa shape index (κ2) is 10.6. The summed E-state index contributed by atoms with van der Waals surface area (Å²) < 4.78 is 5.87. The van der Waals surface area contributed by atoms with Gasteiger partial charge in [0.1, 0.15) is 11.5 Å². The van der Waals surface area contributed by atoms with Gasteiger partial charge in [0.15, 0.2) is 0 Å². The summed E-state index contributed by atoms with van der Waals surface area (Å²) in [4.78, 5) is 17.2. The standard InChI is InChI=1S/C26H34N4O3/c1-6-17(2)18(3)22-13-23(25(31)14-24(22)28-27)26(32)30-15-19-8-9-21(12-20(19)16-30)33-11-7-10-29(4)5/h8-9,12-14,28,31H,2-3,6-7,10-11,15-16,27H2,1,4-5H3. The van der Waals surface area contributed by atoms with E-state index in [4.69, 9.17) is 10.6 Å². The number of carbonyl (C=O) groups is 1. The van der Waals surface area contributed by atoms with E-state index < -0.39 is 0 Å². The summed E-state index contributed by atoms with van der Waals surface area (Å²) in [5.41, 5.74) is 7.57. The Hall–Kier alpha value is -3.29. The highest BCUT2D eigenvalue weighted by atomic mass is 16.5. The van der Waals surface area contributed by atoms with Crippen LogP contribution in [0.4, 0.5) is 5.69 Å². The summed E-state index contributed by atoms with van der Waals surface area (Å²) in [5.74, 6) is 6.06. The summed E-state index contributed by atoms with van der Waals surface area (Å²) in [6.07, 6.45) is 1.66. The average molecular weight is 451 g/mol. The van der Waals surface area contributed by atoms with Crippen molar-refractivity contribution in [2.75, 3.05) is 32.7 Å². The fourth-order valence-electron chi connectivity index (χ4n) is 3.88. The highest BCUT2D eigenvalue weighted by Crippen LogP contribution is 2.36. The number of nitrogens with one attached hydrogen (secondary N) is 1. The Balaban J connectivity index is 1.77. The number of carbonyl (C=O) groups excluding carboxylic acids is 1. The maximum absolute atomic E-state index is 13.3. The lowest BCUT2D eigenvalue weighted by Gasteiger charge is -2.19. The van der Waals surface area contributed by atoms with Crippen LogP contribution in [0.15, 0.2) is 49.1 Å². The van der Waals surface area contributed by atoms with Crippen molar-refractivity contribution in [3.8, 4) is 11.5 Å². The Morgan fingerprint density at radius 3 is 2.58 bits per heavy atom. The highest BCUT2D eigenvalue weighted by molar-refractivity contribution is 6.00. The molecule has 3 rings (SSSR count). The molecule has 0 radical (unpaired) electrons. The summed E-state index contributed by atoms with van der Waals surface area (Å²) in [7, 11) is 4.08. The summed E-state index contributed by atoms with van der Waals surface area (Å²) >= 11 is 0. The molecule has 176 valence electrons. The van der Waals surface area contributed by atoms with Gasteiger partial charge in [-0.1, -0.05) is 26.1 Å². The molecule has 0 saturated carbocycles. The molecule has 0 fully saturated rings. The van der Waals surface area contributed by atoms with E-state index in [9.17, 15) is 9.90 Å². The maximum atomic E-state index is 13.3. The zero-order valence-corrected chi connectivity index (χ0v) is 19.8. The van der Waals surface area contributed by atoms with Gasteiger partial charge >= 0.3 is 0 Å². The van der Waals surface area contributed by atoms with Gasteiger partial charge in [0.25, 0.3) is 5.91 Å². The molecular weight excluding hydrogens is 416 g/mol. The molecule has 0 aliphatic carbocycles. The number of anilines is 1. The molecule has 1 heterocycles. The van der Waals surface area contributed by atoms with E-state index in [1.807, 2.05) is 39.2 Å². The van der Waals surface area contributed by atoms with E-state index in [1.54, 1.807) is 11.0 Å². The number of rotatable bonds is 10. The molecule has 7 heteroatoms. The smallest absolute Gasteiger partial charge is 0.258 e. The van der Waals surface area contributed by atoms with Crippen molar-refractivity contribution in [2.45, 2.75) is 32.9 Å². The molecule has 1 aliphatic heterocycles. The number of allylic oxidation sites excluding steroid dienone is 2. The maximum Gasteiger partial charge on any atom is 0.258 e. The Kier molecular flexibility index (Phi) is 7.79. The molecule has 0 aromatic heterocycles. The van der Waals surface area contributed by atoms with Gasteiger partial charge in [0.2, 0.25) is 0 Å². The Morgan fingerprint density at radius 2 is 1.91 bits per heavy atom. The number of benzene rings is 2. The number of ether oxygens (including phenoxy) is 1. The van der Waals surface area contributed by atoms with E-state index in [0.29, 0.717) is 42.9 Å². The van der Waals surface area contributed by atoms with E-state index in [2.05, 4.69) is 23.5 Å². The van der Waals surface area contributed by atoms with Crippen LogP contribution in [0.3, 0.4) is 0 Å². The normalized spacial score (nSPS) is 12.6. The predicted molar refractivity (Wildman–Crippen MR) is 133 cm³/mol. The topological polar surface area (TPSA) is 91.1 Å². The lowest BCUT2D eigenvalue weighted by molar-refractivity contribution is 0.0748. The molecule has 2 aromatic rings. The fourth-order valence-corrected chi connectivity index (χ4v) is 3.88. The number of hydrogen-bond acceptors (Lipinski definition) is 6. The Morgan fingerprint density at radius 1 is 1.18 bits per heavy atom. The second-order valence-electron chi connectivity index (χ2n) is 8.59. The molecule has 1 amide bonds. The van der Waals surface area contributed by atoms with E-state index in [0.717, 1.165) is 35.4 Å². The largest absolute Gasteiger partial charge is 0.507 e. The number of nitrogen functional groups attached to an aromatic ring is 1. The summed E-state index contributed by atoms with van der Waals surface area (Å²) in [6.45, 7) is 12.7. The Bertz CT molecular complexity index is 1060. The predicted octanol–water partition coefficient (Wildman–Crippen LogP) is 4.14. The van der Waals surface area contributed by atoms with E-state index in [1.165, 1.54) is 6.07 Å². The monoisotopic (exact) mass is 450 g/mol. The van der Waals surface area contributed by atoms with Crippen molar-refractivity contribution in [2.24, 2.45) is 5.84 Å². The number of phenols is 1. The Labute approximate surface area is 196 Å². The van der Waals surface area contributed by atoms with Crippen LogP contribution in [0.2, 0.25) is 0 Å². The third kappa shape index (κ3) is 5.56. The first-order valence-electron chi connectivity index (χ1n) is 11.1. The number of aromatic hydroxyl groups is 1. The van der Waals surface area contributed by atoms with Crippen LogP contribution in [0.1, 0.15) is 46.8 Å². The van der Waals surface area contributed by atoms with E-state index in [-0.39, 0.29) is 17.2 Å². The second-order valence-corrected chi connectivity index (χ2v) is 8.59. The first kappa shape index (κ1) is 24.4. The van der Waals surface area contributed by atoms with Crippen LogP contribution < -0.4 is 16.0 Å². The third-order valence-corrected chi connectivity index (χ3v) is 5.91. The average Bonchev–Trinajstić information content (AvgIpc) is 3.23. The van der Waals surface area contributed by atoms with Crippen molar-refractivity contribution in [3.63, 3.8) is 0 Å². The van der Waals surface area contributed by atoms with Gasteiger partial charge in [-0.15, -0.1) is 0 Å². The van der Waals surface area contributed by atoms with Crippen LogP contribution in [0.25, 0.3) is 5.57 Å². The molecule has 0 atom stereocenters. The van der Waals surface area contributed by atoms with Gasteiger partial charge in [-0.3, -0.25) is 10.6 Å². The first-order valence-corrected chi connectivity index (χ1v) is 11.1. The van der Waals surface area contributed by atoms with Gasteiger partial charge in [-0.05, 0) is 67.4 Å². The van der Waals surface area contributed by atoms with Crippen molar-refractivity contribution >= 4 is 17.2 Å². The molecule has 33 heavy (non-hydrogen) atoms. The van der Waals surface area contributed by atoms with Crippen LogP contribution in [-0.4, -0.2) is 48.1 Å². The number of amides is 1. The number of nitrogens with zero attached hydrogens (tertiary/aromatic N) is 2. The lowest BCUT2D eigenvalue weighted by atomic mass is 9.95. The van der Waals surface area contributed by atoms with Gasteiger partial charge in [0, 0.05) is 31.3 Å². The number of fused-ring (bicyclic) bond motifs is 1. The minimum atomic E-state index is -0.253. The van der Waals surface area contributed by atoms with Gasteiger partial charge < -0.3 is 25.1 Å². The molecule has 0 bridgehead atoms. The van der Waals surface area contributed by atoms with Crippen LogP contribution >= 0.6 is 0 Å². The molecule has 2 aromatic carbocycles. The van der Waals surface area contributed by atoms with Crippen LogP contribution in [-0.2, 0) is 13.1 Å². The molecule has 0 spiro atoms. The van der Waals surface area contributed by atoms with Crippen molar-refractivity contribution in [1.82, 2.24) is 9.80 Å². The molecule has 4 N–H and O–H groups in total. The van der Waals surface area contributed by atoms with Crippen LogP contribution in [0, 0.1) is 0 Å². The minimum absolute atomic E-state index is 0.132. The van der Waals surface area contributed by atoms with Crippen molar-refractivity contribution in [3.05, 3.63) is 71.3 Å². The zero-order valence-electron chi connectivity index (χ0n) is 19.8. The van der Waals surface area contributed by atoms with Crippen molar-refractivity contribution < 1.29 is 14.6 Å². The number of hydrazine groups is 1. The van der Waals surface area contributed by atoms with Crippen LogP contribution in [0.5, 0.6) is 11.5 Å². The minimum Gasteiger partial charge on any atom is -0.507 e. The quantitative estimate of drug-likeness (QED) is 0.218. The molecule has 0 saturated heterocycles. The zero-order chi connectivity index (χ0) is 24.1. The highest BCUT2D eigenvalue weighted by Gasteiger charge is 2.27.